The Hall–Kier alpha value is -4.66. The van der Waals surface area contributed by atoms with Crippen molar-refractivity contribution in [3.8, 4) is 45.5 Å². The van der Waals surface area contributed by atoms with E-state index < -0.39 is 11.8 Å². The molecule has 0 saturated heterocycles. The zero-order valence-corrected chi connectivity index (χ0v) is 23.4. The van der Waals surface area contributed by atoms with Crippen molar-refractivity contribution in [1.29, 1.82) is 0 Å². The Bertz CT molecular complexity index is 1500. The zero-order chi connectivity index (χ0) is 29.0. The lowest BCUT2D eigenvalue weighted by molar-refractivity contribution is -0.132. The van der Waals surface area contributed by atoms with Gasteiger partial charge in [0.2, 0.25) is 11.8 Å². The first-order valence-corrected chi connectivity index (χ1v) is 12.7. The lowest BCUT2D eigenvalue weighted by atomic mass is 9.92. The highest BCUT2D eigenvalue weighted by Gasteiger charge is 2.26. The van der Waals surface area contributed by atoms with E-state index in [2.05, 4.69) is 5.32 Å². The Morgan fingerprint density at radius 3 is 2.02 bits per heavy atom. The third-order valence-corrected chi connectivity index (χ3v) is 5.93. The van der Waals surface area contributed by atoms with Gasteiger partial charge in [-0.2, -0.15) is 9.78 Å². The number of anilines is 1. The molecular weight excluding hydrogens is 513 g/mol. The molecule has 3 aromatic carbocycles. The van der Waals surface area contributed by atoms with Crippen LogP contribution >= 0.6 is 0 Å². The van der Waals surface area contributed by atoms with Crippen LogP contribution in [0.2, 0.25) is 0 Å². The summed E-state index contributed by atoms with van der Waals surface area (Å²) in [5.41, 5.74) is 3.28. The second kappa shape index (κ2) is 11.6. The number of nitrogens with zero attached hydrogens (tertiary/aromatic N) is 2. The van der Waals surface area contributed by atoms with Crippen LogP contribution in [-0.2, 0) is 9.59 Å². The number of halogens is 1. The molecule has 40 heavy (non-hydrogen) atoms. The first-order valence-electron chi connectivity index (χ1n) is 12.7. The number of benzene rings is 3. The maximum atomic E-state index is 13.7. The standard InChI is InChI=1S/C31H32FN3O5/c1-19(36)40-30-28(20-7-11-23(12-8-20)33-27(37)18-31(2,3)4)29(21-15-25(38-5)17-26(16-21)39-6)34-35(30)24-13-9-22(32)10-14-24/h7-17H,18H2,1-6H3,(H,33,37). The quantitative estimate of drug-likeness (QED) is 0.249. The van der Waals surface area contributed by atoms with E-state index in [4.69, 9.17) is 19.3 Å². The van der Waals surface area contributed by atoms with Crippen LogP contribution in [0.15, 0.2) is 66.7 Å². The van der Waals surface area contributed by atoms with Crippen LogP contribution in [0.25, 0.3) is 28.1 Å². The minimum absolute atomic E-state index is 0.0888. The highest BCUT2D eigenvalue weighted by atomic mass is 19.1. The molecule has 0 aliphatic heterocycles. The molecule has 0 aliphatic carbocycles. The van der Waals surface area contributed by atoms with Crippen molar-refractivity contribution in [3.63, 3.8) is 0 Å². The molecule has 1 aromatic heterocycles. The zero-order valence-electron chi connectivity index (χ0n) is 23.4. The molecule has 0 unspecified atom stereocenters. The van der Waals surface area contributed by atoms with Crippen LogP contribution in [-0.4, -0.2) is 35.9 Å². The van der Waals surface area contributed by atoms with Crippen molar-refractivity contribution in [1.82, 2.24) is 9.78 Å². The van der Waals surface area contributed by atoms with Gasteiger partial charge in [-0.15, -0.1) is 0 Å². The molecule has 0 spiro atoms. The molecule has 0 saturated carbocycles. The maximum absolute atomic E-state index is 13.7. The van der Waals surface area contributed by atoms with Crippen LogP contribution in [0.4, 0.5) is 10.1 Å². The third kappa shape index (κ3) is 6.66. The molecule has 9 heteroatoms. The number of hydrogen-bond acceptors (Lipinski definition) is 6. The summed E-state index contributed by atoms with van der Waals surface area (Å²) in [7, 11) is 3.10. The second-order valence-corrected chi connectivity index (χ2v) is 10.5. The number of ether oxygens (including phenoxy) is 3. The van der Waals surface area contributed by atoms with Gasteiger partial charge in [-0.3, -0.25) is 9.59 Å². The number of amides is 1. The second-order valence-electron chi connectivity index (χ2n) is 10.5. The molecular formula is C31H32FN3O5. The number of methoxy groups -OCH3 is 2. The summed E-state index contributed by atoms with van der Waals surface area (Å²) in [6, 6.07) is 18.2. The molecule has 0 atom stereocenters. The molecule has 0 bridgehead atoms. The summed E-state index contributed by atoms with van der Waals surface area (Å²) >= 11 is 0. The molecule has 4 rings (SSSR count). The summed E-state index contributed by atoms with van der Waals surface area (Å²) in [4.78, 5) is 24.7. The van der Waals surface area contributed by atoms with Gasteiger partial charge in [0.15, 0.2) is 0 Å². The van der Waals surface area contributed by atoms with Crippen molar-refractivity contribution in [2.75, 3.05) is 19.5 Å². The van der Waals surface area contributed by atoms with Crippen LogP contribution < -0.4 is 19.5 Å². The number of rotatable bonds is 8. The predicted molar refractivity (Wildman–Crippen MR) is 152 cm³/mol. The van der Waals surface area contributed by atoms with Crippen LogP contribution in [0, 0.1) is 11.2 Å². The summed E-state index contributed by atoms with van der Waals surface area (Å²) in [6.07, 6.45) is 0.373. The van der Waals surface area contributed by atoms with E-state index in [-0.39, 0.29) is 17.2 Å². The third-order valence-electron chi connectivity index (χ3n) is 5.93. The maximum Gasteiger partial charge on any atom is 0.309 e. The van der Waals surface area contributed by atoms with Crippen molar-refractivity contribution in [2.45, 2.75) is 34.1 Å². The SMILES string of the molecule is COc1cc(OC)cc(-c2nn(-c3ccc(F)cc3)c(OC(C)=O)c2-c2ccc(NC(=O)CC(C)(C)C)cc2)c1. The van der Waals surface area contributed by atoms with Crippen molar-refractivity contribution < 1.29 is 28.2 Å². The van der Waals surface area contributed by atoms with E-state index in [1.54, 1.807) is 56.7 Å². The van der Waals surface area contributed by atoms with Crippen LogP contribution in [0.3, 0.4) is 0 Å². The average Bonchev–Trinajstić information content (AvgIpc) is 3.26. The first-order chi connectivity index (χ1) is 19.0. The fourth-order valence-corrected chi connectivity index (χ4v) is 4.20. The topological polar surface area (TPSA) is 91.7 Å². The van der Waals surface area contributed by atoms with Crippen LogP contribution in [0.5, 0.6) is 17.4 Å². The number of carbonyl (C=O) groups is 2. The lowest BCUT2D eigenvalue weighted by Gasteiger charge is -2.17. The van der Waals surface area contributed by atoms with E-state index in [0.29, 0.717) is 51.7 Å². The minimum Gasteiger partial charge on any atom is -0.497 e. The Kier molecular flexibility index (Phi) is 8.23. The Balaban J connectivity index is 1.90. The molecule has 1 N–H and O–H groups in total. The van der Waals surface area contributed by atoms with E-state index in [0.717, 1.165) is 0 Å². The highest BCUT2D eigenvalue weighted by molar-refractivity contribution is 5.92. The van der Waals surface area contributed by atoms with Gasteiger partial charge in [0, 0.05) is 30.7 Å². The van der Waals surface area contributed by atoms with E-state index in [9.17, 15) is 14.0 Å². The molecule has 1 heterocycles. The molecule has 0 aliphatic rings. The first kappa shape index (κ1) is 28.4. The van der Waals surface area contributed by atoms with Crippen molar-refractivity contribution >= 4 is 17.6 Å². The predicted octanol–water partition coefficient (Wildman–Crippen LogP) is 6.66. The van der Waals surface area contributed by atoms with Crippen LogP contribution in [0.1, 0.15) is 34.1 Å². The van der Waals surface area contributed by atoms with Gasteiger partial charge in [-0.25, -0.2) is 4.39 Å². The summed E-state index contributed by atoms with van der Waals surface area (Å²) in [6.45, 7) is 7.30. The van der Waals surface area contributed by atoms with Gasteiger partial charge < -0.3 is 19.5 Å². The Morgan fingerprint density at radius 1 is 0.900 bits per heavy atom. The van der Waals surface area contributed by atoms with Gasteiger partial charge >= 0.3 is 5.97 Å². The summed E-state index contributed by atoms with van der Waals surface area (Å²) in [5.74, 6) is 0.192. The van der Waals surface area contributed by atoms with Gasteiger partial charge in [-0.05, 0) is 59.5 Å². The largest absolute Gasteiger partial charge is 0.497 e. The van der Waals surface area contributed by atoms with Gasteiger partial charge in [-0.1, -0.05) is 32.9 Å². The molecule has 4 aromatic rings. The monoisotopic (exact) mass is 545 g/mol. The smallest absolute Gasteiger partial charge is 0.309 e. The Labute approximate surface area is 232 Å². The van der Waals surface area contributed by atoms with Gasteiger partial charge in [0.1, 0.15) is 23.0 Å². The summed E-state index contributed by atoms with van der Waals surface area (Å²) in [5, 5.41) is 7.73. The summed E-state index contributed by atoms with van der Waals surface area (Å²) < 4.78 is 31.8. The van der Waals surface area contributed by atoms with Gasteiger partial charge in [0.25, 0.3) is 0 Å². The molecule has 8 nitrogen and oxygen atoms in total. The lowest BCUT2D eigenvalue weighted by Crippen LogP contribution is -2.19. The average molecular weight is 546 g/mol. The fourth-order valence-electron chi connectivity index (χ4n) is 4.20. The van der Waals surface area contributed by atoms with Crippen molar-refractivity contribution in [2.24, 2.45) is 5.41 Å². The molecule has 1 amide bonds. The number of aromatic nitrogens is 2. The van der Waals surface area contributed by atoms with Crippen molar-refractivity contribution in [3.05, 3.63) is 72.5 Å². The molecule has 0 radical (unpaired) electrons. The van der Waals surface area contributed by atoms with E-state index >= 15 is 0 Å². The number of esters is 1. The normalized spacial score (nSPS) is 11.2. The highest BCUT2D eigenvalue weighted by Crippen LogP contribution is 2.43. The fraction of sp³-hybridized carbons (Fsp3) is 0.258. The number of carbonyl (C=O) groups excluding carboxylic acids is 2. The number of nitrogens with one attached hydrogen (secondary N) is 1. The minimum atomic E-state index is -0.551. The molecule has 208 valence electrons. The van der Waals surface area contributed by atoms with E-state index in [1.807, 2.05) is 32.9 Å². The Morgan fingerprint density at radius 2 is 1.50 bits per heavy atom. The van der Waals surface area contributed by atoms with E-state index in [1.165, 1.54) is 23.7 Å². The van der Waals surface area contributed by atoms with Gasteiger partial charge in [0.05, 0.1) is 25.5 Å². The number of hydrogen-bond donors (Lipinski definition) is 1. The molecule has 0 fully saturated rings.